The van der Waals surface area contributed by atoms with E-state index in [1.165, 1.54) is 30.3 Å². The van der Waals surface area contributed by atoms with Gasteiger partial charge in [0, 0.05) is 5.56 Å². The van der Waals surface area contributed by atoms with Gasteiger partial charge in [0.05, 0.1) is 36.1 Å². The highest BCUT2D eigenvalue weighted by Gasteiger charge is 2.33. The highest BCUT2D eigenvalue weighted by Crippen LogP contribution is 2.37. The van der Waals surface area contributed by atoms with Crippen LogP contribution >= 0.6 is 7.60 Å². The first-order chi connectivity index (χ1) is 22.0. The summed E-state index contributed by atoms with van der Waals surface area (Å²) in [7, 11) is -4.60. The maximum atomic E-state index is 13.4. The van der Waals surface area contributed by atoms with Crippen molar-refractivity contribution in [3.05, 3.63) is 72.0 Å². The third kappa shape index (κ3) is 10.0. The number of benzene rings is 2. The zero-order valence-electron chi connectivity index (χ0n) is 26.0. The second kappa shape index (κ2) is 17.3. The Morgan fingerprint density at radius 3 is 2.37 bits per heavy atom. The lowest BCUT2D eigenvalue weighted by molar-refractivity contribution is -0.171. The Labute approximate surface area is 267 Å². The van der Waals surface area contributed by atoms with Gasteiger partial charge in [-0.3, -0.25) is 18.9 Å². The van der Waals surface area contributed by atoms with Gasteiger partial charge >= 0.3 is 13.6 Å². The molecule has 0 radical (unpaired) electrons. The summed E-state index contributed by atoms with van der Waals surface area (Å²) >= 11 is 0. The number of nitrogens with one attached hydrogen (secondary N) is 2. The molecule has 1 aromatic heterocycles. The molecule has 0 spiro atoms. The first-order valence-corrected chi connectivity index (χ1v) is 16.6. The Hall–Kier alpha value is -4.45. The molecule has 1 heterocycles. The van der Waals surface area contributed by atoms with Crippen LogP contribution in [0.2, 0.25) is 0 Å². The minimum absolute atomic E-state index is 0.102. The number of hydrogen-bond acceptors (Lipinski definition) is 8. The molecule has 3 rings (SSSR count). The molecule has 0 unspecified atom stereocenters. The number of hydrogen-bond donors (Lipinski definition) is 4. The highest BCUT2D eigenvalue weighted by atomic mass is 31.2. The molecule has 2 aromatic carbocycles. The van der Waals surface area contributed by atoms with Gasteiger partial charge in [0.2, 0.25) is 12.3 Å². The molecule has 4 N–H and O–H groups in total. The van der Waals surface area contributed by atoms with Crippen LogP contribution in [0, 0.1) is 5.92 Å². The summed E-state index contributed by atoms with van der Waals surface area (Å²) in [5.41, 5.74) is 0.550. The molecule has 14 heteroatoms. The number of nitrogens with zero attached hydrogens (tertiary/aromatic N) is 1. The van der Waals surface area contributed by atoms with Crippen LogP contribution in [0.1, 0.15) is 73.8 Å². The van der Waals surface area contributed by atoms with E-state index in [4.69, 9.17) is 14.0 Å². The van der Waals surface area contributed by atoms with Crippen LogP contribution in [-0.2, 0) is 19.0 Å². The van der Waals surface area contributed by atoms with Gasteiger partial charge in [0.25, 0.3) is 5.91 Å². The van der Waals surface area contributed by atoms with Gasteiger partial charge in [0.1, 0.15) is 11.5 Å². The van der Waals surface area contributed by atoms with Gasteiger partial charge in [0.15, 0.2) is 5.76 Å². The van der Waals surface area contributed by atoms with E-state index in [0.29, 0.717) is 31.2 Å². The van der Waals surface area contributed by atoms with Crippen molar-refractivity contribution in [1.82, 2.24) is 15.7 Å². The summed E-state index contributed by atoms with van der Waals surface area (Å²) in [6.07, 6.45) is 3.58. The maximum absolute atomic E-state index is 13.4. The van der Waals surface area contributed by atoms with Gasteiger partial charge in [-0.1, -0.05) is 51.3 Å². The summed E-state index contributed by atoms with van der Waals surface area (Å²) < 4.78 is 22.9. The van der Waals surface area contributed by atoms with E-state index >= 15 is 0 Å². The molecule has 46 heavy (non-hydrogen) atoms. The molecule has 0 bridgehead atoms. The second-order valence-corrected chi connectivity index (χ2v) is 12.0. The molecule has 0 saturated carbocycles. The van der Waals surface area contributed by atoms with Crippen LogP contribution in [0.5, 0.6) is 5.75 Å². The first kappa shape index (κ1) is 36.0. The number of carbonyl (C=O) groups excluding carboxylic acids is 4. The molecular weight excluding hydrogens is 617 g/mol. The fourth-order valence-corrected chi connectivity index (χ4v) is 5.44. The van der Waals surface area contributed by atoms with E-state index in [0.717, 1.165) is 17.9 Å². The minimum Gasteiger partial charge on any atom is -0.494 e. The molecule has 0 aliphatic heterocycles. The number of rotatable bonds is 18. The number of unbranched alkanes of at least 4 members (excludes halogenated alkanes) is 2. The smallest absolute Gasteiger partial charge is 0.363 e. The van der Waals surface area contributed by atoms with E-state index < -0.39 is 37.3 Å². The summed E-state index contributed by atoms with van der Waals surface area (Å²) in [6, 6.07) is 14.3. The average Bonchev–Trinajstić information content (AvgIpc) is 3.54. The third-order valence-corrected chi connectivity index (χ3v) is 8.06. The van der Waals surface area contributed by atoms with Crippen molar-refractivity contribution in [3.63, 3.8) is 0 Å². The van der Waals surface area contributed by atoms with Crippen LogP contribution in [0.4, 0.5) is 0 Å². The van der Waals surface area contributed by atoms with E-state index in [2.05, 4.69) is 10.6 Å². The van der Waals surface area contributed by atoms with Gasteiger partial charge in [-0.2, -0.15) is 5.06 Å². The predicted octanol–water partition coefficient (Wildman–Crippen LogP) is 4.16. The lowest BCUT2D eigenvalue weighted by Crippen LogP contribution is -2.49. The first-order valence-electron chi connectivity index (χ1n) is 15.0. The summed E-state index contributed by atoms with van der Waals surface area (Å²) in [4.78, 5) is 75.5. The normalized spacial score (nSPS) is 12.5. The molecule has 0 aliphatic rings. The fourth-order valence-electron chi connectivity index (χ4n) is 4.83. The van der Waals surface area contributed by atoms with E-state index in [9.17, 15) is 33.5 Å². The molecule has 0 aliphatic carbocycles. The molecule has 0 fully saturated rings. The number of amides is 3. The maximum Gasteiger partial charge on any atom is 0.363 e. The van der Waals surface area contributed by atoms with Gasteiger partial charge in [-0.25, -0.2) is 4.79 Å². The van der Waals surface area contributed by atoms with Gasteiger partial charge < -0.3 is 34.4 Å². The Morgan fingerprint density at radius 1 is 1.00 bits per heavy atom. The fraction of sp³-hybridized carbons (Fsp3) is 0.375. The summed E-state index contributed by atoms with van der Waals surface area (Å²) in [5, 5.41) is 5.85. The topological polar surface area (TPSA) is 185 Å². The van der Waals surface area contributed by atoms with Gasteiger partial charge in [-0.05, 0) is 62.2 Å². The number of furan rings is 1. The van der Waals surface area contributed by atoms with Crippen LogP contribution in [0.15, 0.2) is 65.1 Å². The third-order valence-electron chi connectivity index (χ3n) is 7.13. The molecular formula is C32H40N3O10P. The second-order valence-electron chi connectivity index (χ2n) is 10.4. The van der Waals surface area contributed by atoms with Crippen molar-refractivity contribution in [3.8, 4) is 17.1 Å². The van der Waals surface area contributed by atoms with Crippen molar-refractivity contribution in [2.45, 2.75) is 58.9 Å². The summed E-state index contributed by atoms with van der Waals surface area (Å²) in [6.45, 7) is 5.54. The van der Waals surface area contributed by atoms with Crippen LogP contribution in [0.25, 0.3) is 11.3 Å². The summed E-state index contributed by atoms with van der Waals surface area (Å²) in [5.74, 6) is -2.26. The van der Waals surface area contributed by atoms with Crippen molar-refractivity contribution in [2.24, 2.45) is 5.92 Å². The quantitative estimate of drug-likeness (QED) is 0.0509. The van der Waals surface area contributed by atoms with Crippen molar-refractivity contribution in [2.75, 3.05) is 13.3 Å². The lowest BCUT2D eigenvalue weighted by Gasteiger charge is -2.31. The van der Waals surface area contributed by atoms with Crippen molar-refractivity contribution >= 4 is 37.1 Å². The van der Waals surface area contributed by atoms with Crippen molar-refractivity contribution < 1.29 is 47.5 Å². The largest absolute Gasteiger partial charge is 0.494 e. The monoisotopic (exact) mass is 657 g/mol. The van der Waals surface area contributed by atoms with E-state index in [-0.39, 0.29) is 41.4 Å². The molecule has 13 nitrogen and oxygen atoms in total. The molecule has 248 valence electrons. The number of ether oxygens (including phenoxy) is 1. The van der Waals surface area contributed by atoms with Crippen LogP contribution in [-0.4, -0.2) is 58.4 Å². The minimum atomic E-state index is -4.60. The van der Waals surface area contributed by atoms with Gasteiger partial charge in [-0.15, -0.1) is 0 Å². The molecule has 2 atom stereocenters. The standard InChI is InChI=1S/C32H40N3O10P/c1-4-7-9-14-26(27(5-2)35(21-36)45-32(39)22-12-10-8-11-13-22)30(37)33-20-34-31(38)29-16-15-28(44-29)23-17-24(43-6-3)19-25(18-23)46(40,41)42/h8,10-13,15-19,21,26-27H,4-7,9,14,20H2,1-3H3,(H,33,37)(H,34,38)(H2,40,41,42)/t26-,27-/m1/s1. The molecule has 3 aromatic rings. The Balaban J connectivity index is 1.69. The average molecular weight is 658 g/mol. The SMILES string of the molecule is CCCCC[C@@H](C(=O)NCNC(=O)c1ccc(-c2cc(OCC)cc(P(=O)(O)O)c2)o1)[C@@H](CC)N(C=O)OC(=O)c1ccccc1. The number of hydroxylamine groups is 2. The highest BCUT2D eigenvalue weighted by molar-refractivity contribution is 7.60. The zero-order valence-corrected chi connectivity index (χ0v) is 26.9. The number of carbonyl (C=O) groups is 4. The van der Waals surface area contributed by atoms with Crippen molar-refractivity contribution in [1.29, 1.82) is 0 Å². The molecule has 3 amide bonds. The Morgan fingerprint density at radius 2 is 1.74 bits per heavy atom. The molecule has 0 saturated heterocycles. The Bertz CT molecular complexity index is 1520. The van der Waals surface area contributed by atoms with Crippen LogP contribution < -0.4 is 20.7 Å². The van der Waals surface area contributed by atoms with E-state index in [1.54, 1.807) is 44.2 Å². The van der Waals surface area contributed by atoms with E-state index in [1.807, 2.05) is 6.92 Å². The lowest BCUT2D eigenvalue weighted by atomic mass is 9.90. The van der Waals surface area contributed by atoms with Crippen LogP contribution in [0.3, 0.4) is 0 Å². The predicted molar refractivity (Wildman–Crippen MR) is 169 cm³/mol. The Kier molecular flexibility index (Phi) is 13.5. The zero-order chi connectivity index (χ0) is 33.7.